The van der Waals surface area contributed by atoms with Gasteiger partial charge in [-0.3, -0.25) is 0 Å². The quantitative estimate of drug-likeness (QED) is 0.536. The van der Waals surface area contributed by atoms with Crippen molar-refractivity contribution >= 4 is 18.4 Å². The van der Waals surface area contributed by atoms with Crippen LogP contribution in [0.15, 0.2) is 53.6 Å². The highest BCUT2D eigenvalue weighted by Gasteiger charge is 2.14. The van der Waals surface area contributed by atoms with E-state index in [9.17, 15) is 4.39 Å². The van der Waals surface area contributed by atoms with Gasteiger partial charge in [0.1, 0.15) is 5.82 Å². The number of hydrogen-bond acceptors (Lipinski definition) is 3. The lowest BCUT2D eigenvalue weighted by atomic mass is 9.87. The number of aromatic amines is 1. The summed E-state index contributed by atoms with van der Waals surface area (Å²) in [6.07, 6.45) is 1.44. The van der Waals surface area contributed by atoms with Crippen molar-refractivity contribution in [3.05, 3.63) is 70.2 Å². The van der Waals surface area contributed by atoms with Gasteiger partial charge in [0.25, 0.3) is 0 Å². The average molecular weight is 354 g/mol. The summed E-state index contributed by atoms with van der Waals surface area (Å²) in [4.78, 5) is 0. The van der Waals surface area contributed by atoms with Crippen LogP contribution in [0.25, 0.3) is 11.4 Å². The zero-order chi connectivity index (χ0) is 18.0. The predicted molar refractivity (Wildman–Crippen MR) is 101 cm³/mol. The minimum absolute atomic E-state index is 0.0756. The number of aromatic nitrogens is 3. The van der Waals surface area contributed by atoms with Crippen molar-refractivity contribution in [1.29, 1.82) is 0 Å². The van der Waals surface area contributed by atoms with Crippen molar-refractivity contribution in [3.63, 3.8) is 0 Å². The van der Waals surface area contributed by atoms with Gasteiger partial charge in [-0.2, -0.15) is 14.9 Å². The molecule has 0 saturated heterocycles. The molecule has 0 fully saturated rings. The van der Waals surface area contributed by atoms with Gasteiger partial charge in [-0.05, 0) is 29.3 Å². The van der Waals surface area contributed by atoms with Gasteiger partial charge in [0.2, 0.25) is 4.77 Å². The molecular formula is C19H19FN4S. The van der Waals surface area contributed by atoms with Crippen molar-refractivity contribution < 1.29 is 4.39 Å². The fraction of sp³-hybridized carbons (Fsp3) is 0.211. The number of benzene rings is 2. The molecule has 0 aliphatic heterocycles. The fourth-order valence-electron chi connectivity index (χ4n) is 2.40. The lowest BCUT2D eigenvalue weighted by molar-refractivity contribution is 0.590. The summed E-state index contributed by atoms with van der Waals surface area (Å²) in [5.74, 6) is 0.246. The summed E-state index contributed by atoms with van der Waals surface area (Å²) in [5.41, 5.74) is 2.57. The Labute approximate surface area is 151 Å². The largest absolute Gasteiger partial charge is 0.250 e. The maximum Gasteiger partial charge on any atom is 0.216 e. The normalized spacial score (nSPS) is 12.0. The topological polar surface area (TPSA) is 46.0 Å². The molecule has 1 N–H and O–H groups in total. The molecule has 128 valence electrons. The second-order valence-electron chi connectivity index (χ2n) is 6.76. The minimum atomic E-state index is -0.336. The first kappa shape index (κ1) is 17.2. The molecule has 0 radical (unpaired) electrons. The maximum atomic E-state index is 13.7. The van der Waals surface area contributed by atoms with E-state index in [4.69, 9.17) is 12.2 Å². The van der Waals surface area contributed by atoms with Crippen molar-refractivity contribution in [2.75, 3.05) is 0 Å². The molecule has 1 aromatic heterocycles. The lowest BCUT2D eigenvalue weighted by Gasteiger charge is -2.18. The number of halogens is 1. The Kier molecular flexibility index (Phi) is 4.63. The molecule has 6 heteroatoms. The van der Waals surface area contributed by atoms with E-state index in [1.165, 1.54) is 22.5 Å². The molecule has 0 atom stereocenters. The number of nitrogens with one attached hydrogen (secondary N) is 1. The van der Waals surface area contributed by atoms with Crippen molar-refractivity contribution in [2.45, 2.75) is 26.2 Å². The van der Waals surface area contributed by atoms with Crippen molar-refractivity contribution in [2.24, 2.45) is 5.10 Å². The number of hydrogen-bond donors (Lipinski definition) is 1. The monoisotopic (exact) mass is 354 g/mol. The summed E-state index contributed by atoms with van der Waals surface area (Å²) in [6.45, 7) is 6.49. The van der Waals surface area contributed by atoms with Gasteiger partial charge < -0.3 is 0 Å². The zero-order valence-electron chi connectivity index (χ0n) is 14.3. The molecule has 0 bridgehead atoms. The highest BCUT2D eigenvalue weighted by atomic mass is 32.1. The van der Waals surface area contributed by atoms with Crippen molar-refractivity contribution in [1.82, 2.24) is 14.9 Å². The van der Waals surface area contributed by atoms with Gasteiger partial charge in [-0.1, -0.05) is 63.2 Å². The first-order valence-electron chi connectivity index (χ1n) is 7.93. The van der Waals surface area contributed by atoms with Gasteiger partial charge in [0, 0.05) is 11.1 Å². The Morgan fingerprint density at radius 2 is 1.80 bits per heavy atom. The number of nitrogens with zero attached hydrogens (tertiary/aromatic N) is 3. The van der Waals surface area contributed by atoms with Crippen LogP contribution in [0.1, 0.15) is 31.9 Å². The highest BCUT2D eigenvalue weighted by Crippen LogP contribution is 2.25. The molecule has 0 unspecified atom stereocenters. The van der Waals surface area contributed by atoms with Crippen LogP contribution in [0.4, 0.5) is 4.39 Å². The Morgan fingerprint density at radius 1 is 1.12 bits per heavy atom. The van der Waals surface area contributed by atoms with Crippen LogP contribution in [0, 0.1) is 10.6 Å². The van der Waals surface area contributed by atoms with Crippen LogP contribution < -0.4 is 0 Å². The van der Waals surface area contributed by atoms with Crippen LogP contribution in [-0.2, 0) is 5.41 Å². The number of rotatable bonds is 3. The van der Waals surface area contributed by atoms with E-state index in [0.717, 1.165) is 5.56 Å². The van der Waals surface area contributed by atoms with Crippen LogP contribution in [-0.4, -0.2) is 21.1 Å². The first-order valence-corrected chi connectivity index (χ1v) is 8.34. The fourth-order valence-corrected chi connectivity index (χ4v) is 2.58. The summed E-state index contributed by atoms with van der Waals surface area (Å²) < 4.78 is 15.6. The molecule has 3 aromatic rings. The SMILES string of the molecule is CC(C)(C)c1ccc(-c2n[nH]c(=S)n2/N=C/c2ccccc2F)cc1. The molecule has 0 aliphatic carbocycles. The molecule has 0 saturated carbocycles. The average Bonchev–Trinajstić information content (AvgIpc) is 2.94. The molecule has 0 amide bonds. The van der Waals surface area contributed by atoms with E-state index < -0.39 is 0 Å². The van der Waals surface area contributed by atoms with E-state index in [1.54, 1.807) is 18.2 Å². The standard InChI is InChI=1S/C19H19FN4S/c1-19(2,3)15-10-8-13(9-11-15)17-22-23-18(25)24(17)21-12-14-6-4-5-7-16(14)20/h4-12H,1-3H3,(H,23,25)/b21-12+. The lowest BCUT2D eigenvalue weighted by Crippen LogP contribution is -2.10. The molecule has 3 rings (SSSR count). The van der Waals surface area contributed by atoms with Crippen LogP contribution >= 0.6 is 12.2 Å². The minimum Gasteiger partial charge on any atom is -0.250 e. The second-order valence-corrected chi connectivity index (χ2v) is 7.14. The van der Waals surface area contributed by atoms with Gasteiger partial charge in [-0.15, -0.1) is 0 Å². The molecule has 25 heavy (non-hydrogen) atoms. The van der Waals surface area contributed by atoms with E-state index in [-0.39, 0.29) is 11.2 Å². The summed E-state index contributed by atoms with van der Waals surface area (Å²) >= 11 is 5.24. The summed E-state index contributed by atoms with van der Waals surface area (Å²) in [5, 5.41) is 11.3. The Morgan fingerprint density at radius 3 is 2.44 bits per heavy atom. The van der Waals surface area contributed by atoms with E-state index in [0.29, 0.717) is 16.2 Å². The van der Waals surface area contributed by atoms with Crippen LogP contribution in [0.3, 0.4) is 0 Å². The van der Waals surface area contributed by atoms with Crippen LogP contribution in [0.2, 0.25) is 0 Å². The van der Waals surface area contributed by atoms with Crippen molar-refractivity contribution in [3.8, 4) is 11.4 Å². The zero-order valence-corrected chi connectivity index (χ0v) is 15.1. The smallest absolute Gasteiger partial charge is 0.216 e. The molecule has 4 nitrogen and oxygen atoms in total. The molecule has 2 aromatic carbocycles. The van der Waals surface area contributed by atoms with E-state index >= 15 is 0 Å². The van der Waals surface area contributed by atoms with Gasteiger partial charge in [-0.25, -0.2) is 9.49 Å². The molecular weight excluding hydrogens is 335 g/mol. The molecule has 0 spiro atoms. The summed E-state index contributed by atoms with van der Waals surface area (Å²) in [6, 6.07) is 14.5. The maximum absolute atomic E-state index is 13.7. The third-order valence-electron chi connectivity index (χ3n) is 3.88. The molecule has 1 heterocycles. The third-order valence-corrected chi connectivity index (χ3v) is 4.14. The Hall–Kier alpha value is -2.60. The van der Waals surface area contributed by atoms with Gasteiger partial charge in [0.15, 0.2) is 5.82 Å². The Balaban J connectivity index is 1.97. The van der Waals surface area contributed by atoms with Gasteiger partial charge in [0.05, 0.1) is 6.21 Å². The van der Waals surface area contributed by atoms with Gasteiger partial charge >= 0.3 is 0 Å². The first-order chi connectivity index (χ1) is 11.9. The third kappa shape index (κ3) is 3.74. The summed E-state index contributed by atoms with van der Waals surface area (Å²) in [7, 11) is 0. The number of H-pyrrole nitrogens is 1. The van der Waals surface area contributed by atoms with Crippen LogP contribution in [0.5, 0.6) is 0 Å². The highest BCUT2D eigenvalue weighted by molar-refractivity contribution is 7.71. The van der Waals surface area contributed by atoms with E-state index in [2.05, 4.69) is 48.2 Å². The Bertz CT molecular complexity index is 962. The predicted octanol–water partition coefficient (Wildman–Crippen LogP) is 4.93. The molecule has 0 aliphatic rings. The second kappa shape index (κ2) is 6.72. The van der Waals surface area contributed by atoms with E-state index in [1.807, 2.05) is 12.1 Å².